The Bertz CT molecular complexity index is 868. The van der Waals surface area contributed by atoms with E-state index in [0.717, 1.165) is 5.39 Å². The third kappa shape index (κ3) is 1.44. The first-order chi connectivity index (χ1) is 11.4. The van der Waals surface area contributed by atoms with Crippen molar-refractivity contribution in [3.05, 3.63) is 35.6 Å². The third-order valence-corrected chi connectivity index (χ3v) is 5.42. The Morgan fingerprint density at radius 3 is 2.54 bits per heavy atom. The molecule has 6 heteroatoms. The van der Waals surface area contributed by atoms with E-state index in [9.17, 15) is 9.59 Å². The van der Waals surface area contributed by atoms with Crippen molar-refractivity contribution in [1.82, 2.24) is 0 Å². The molecule has 0 N–H and O–H groups in total. The fourth-order valence-electron chi connectivity index (χ4n) is 4.13. The van der Waals surface area contributed by atoms with E-state index in [1.165, 1.54) is 14.2 Å². The van der Waals surface area contributed by atoms with Crippen LogP contribution in [-0.2, 0) is 35.2 Å². The molecule has 2 unspecified atom stereocenters. The number of rotatable bonds is 2. The second kappa shape index (κ2) is 4.68. The number of ketones is 1. The maximum atomic E-state index is 12.9. The molecule has 1 aromatic heterocycles. The van der Waals surface area contributed by atoms with E-state index in [1.54, 1.807) is 13.8 Å². The molecule has 0 spiro atoms. The van der Waals surface area contributed by atoms with E-state index in [0.29, 0.717) is 16.9 Å². The number of Topliss-reactive ketones (excluding diaryl/α,β-unsaturated/α-hetero) is 1. The van der Waals surface area contributed by atoms with Gasteiger partial charge in [-0.2, -0.15) is 0 Å². The van der Waals surface area contributed by atoms with Gasteiger partial charge in [0.2, 0.25) is 11.4 Å². The van der Waals surface area contributed by atoms with Crippen LogP contribution in [-0.4, -0.2) is 26.0 Å². The number of para-hydroxylation sites is 1. The standard InChI is InChI=1S/C18H18O6/c1-9-14(19)10(2)18(22-4)15-13(17(9,24-18)16(20)21-3)11-7-5-6-8-12(11)23-15/h5-10H,1-4H3/t9?,10?,17-,18+/m0/s1. The molecule has 4 rings (SSSR count). The summed E-state index contributed by atoms with van der Waals surface area (Å²) in [6.45, 7) is 3.41. The minimum absolute atomic E-state index is 0.121. The highest BCUT2D eigenvalue weighted by Crippen LogP contribution is 2.62. The van der Waals surface area contributed by atoms with Gasteiger partial charge in [0.05, 0.1) is 24.5 Å². The second-order valence-electron chi connectivity index (χ2n) is 6.35. The molecule has 126 valence electrons. The monoisotopic (exact) mass is 330 g/mol. The predicted octanol–water partition coefficient (Wildman–Crippen LogP) is 2.49. The second-order valence-corrected chi connectivity index (χ2v) is 6.35. The maximum Gasteiger partial charge on any atom is 0.343 e. The minimum Gasteiger partial charge on any atom is -0.467 e. The molecule has 2 aliphatic rings. The summed E-state index contributed by atoms with van der Waals surface area (Å²) in [5.74, 6) is -3.12. The Hall–Kier alpha value is -2.18. The van der Waals surface area contributed by atoms with Crippen LogP contribution in [0.2, 0.25) is 0 Å². The van der Waals surface area contributed by atoms with Gasteiger partial charge in [-0.3, -0.25) is 4.79 Å². The van der Waals surface area contributed by atoms with Gasteiger partial charge in [-0.1, -0.05) is 25.1 Å². The van der Waals surface area contributed by atoms with E-state index < -0.39 is 29.2 Å². The molecule has 24 heavy (non-hydrogen) atoms. The molecule has 2 aliphatic heterocycles. The summed E-state index contributed by atoms with van der Waals surface area (Å²) in [4.78, 5) is 25.6. The lowest BCUT2D eigenvalue weighted by Crippen LogP contribution is -2.57. The number of methoxy groups -OCH3 is 2. The largest absolute Gasteiger partial charge is 0.467 e. The number of carbonyl (C=O) groups is 2. The van der Waals surface area contributed by atoms with E-state index in [2.05, 4.69) is 0 Å². The molecule has 2 aromatic rings. The van der Waals surface area contributed by atoms with Crippen molar-refractivity contribution >= 4 is 22.7 Å². The first kappa shape index (κ1) is 15.4. The van der Waals surface area contributed by atoms with Crippen molar-refractivity contribution in [2.45, 2.75) is 25.2 Å². The zero-order valence-electron chi connectivity index (χ0n) is 13.9. The Balaban J connectivity index is 2.15. The van der Waals surface area contributed by atoms with Crippen molar-refractivity contribution in [2.24, 2.45) is 11.8 Å². The van der Waals surface area contributed by atoms with Gasteiger partial charge in [0.25, 0.3) is 0 Å². The Kier molecular flexibility index (Phi) is 2.99. The highest BCUT2D eigenvalue weighted by molar-refractivity contribution is 6.00. The molecular weight excluding hydrogens is 312 g/mol. The lowest BCUT2D eigenvalue weighted by atomic mass is 9.76. The van der Waals surface area contributed by atoms with Crippen molar-refractivity contribution < 1.29 is 28.2 Å². The lowest BCUT2D eigenvalue weighted by molar-refractivity contribution is -0.319. The van der Waals surface area contributed by atoms with Gasteiger partial charge in [0.1, 0.15) is 11.4 Å². The van der Waals surface area contributed by atoms with Gasteiger partial charge < -0.3 is 18.6 Å². The topological polar surface area (TPSA) is 75.0 Å². The molecule has 6 nitrogen and oxygen atoms in total. The molecule has 0 radical (unpaired) electrons. The number of carbonyl (C=O) groups excluding carboxylic acids is 2. The predicted molar refractivity (Wildman–Crippen MR) is 83.0 cm³/mol. The van der Waals surface area contributed by atoms with Crippen LogP contribution < -0.4 is 0 Å². The molecule has 2 bridgehead atoms. The molecule has 3 heterocycles. The first-order valence-electron chi connectivity index (χ1n) is 7.84. The normalized spacial score (nSPS) is 34.4. The van der Waals surface area contributed by atoms with Crippen molar-refractivity contribution in [2.75, 3.05) is 14.2 Å². The van der Waals surface area contributed by atoms with Crippen LogP contribution in [0.3, 0.4) is 0 Å². The SMILES string of the molecule is COC(=O)[C@@]12O[C@@](OC)(c3oc4ccccc4c31)C(C)C(=O)C2C. The summed E-state index contributed by atoms with van der Waals surface area (Å²) in [6.07, 6.45) is 0. The summed E-state index contributed by atoms with van der Waals surface area (Å²) in [5, 5.41) is 0.727. The number of esters is 1. The van der Waals surface area contributed by atoms with Crippen LogP contribution in [0.4, 0.5) is 0 Å². The fourth-order valence-corrected chi connectivity index (χ4v) is 4.13. The summed E-state index contributed by atoms with van der Waals surface area (Å²) < 4.78 is 22.8. The van der Waals surface area contributed by atoms with Crippen molar-refractivity contribution in [1.29, 1.82) is 0 Å². The van der Waals surface area contributed by atoms with Crippen LogP contribution in [0.15, 0.2) is 28.7 Å². The van der Waals surface area contributed by atoms with Gasteiger partial charge in [-0.15, -0.1) is 0 Å². The molecule has 0 aliphatic carbocycles. The molecule has 1 saturated heterocycles. The lowest BCUT2D eigenvalue weighted by Gasteiger charge is -2.43. The number of fused-ring (bicyclic) bond motifs is 7. The van der Waals surface area contributed by atoms with Gasteiger partial charge in [-0.05, 0) is 13.0 Å². The van der Waals surface area contributed by atoms with E-state index in [-0.39, 0.29) is 5.78 Å². The van der Waals surface area contributed by atoms with Gasteiger partial charge >= 0.3 is 5.97 Å². The van der Waals surface area contributed by atoms with Crippen LogP contribution in [0, 0.1) is 11.8 Å². The van der Waals surface area contributed by atoms with Gasteiger partial charge in [-0.25, -0.2) is 4.79 Å². The fraction of sp³-hybridized carbons (Fsp3) is 0.444. The molecule has 0 amide bonds. The molecule has 1 fully saturated rings. The molecule has 1 aromatic carbocycles. The average molecular weight is 330 g/mol. The van der Waals surface area contributed by atoms with E-state index >= 15 is 0 Å². The van der Waals surface area contributed by atoms with Crippen molar-refractivity contribution in [3.8, 4) is 0 Å². The molecular formula is C18H18O6. The number of hydrogen-bond acceptors (Lipinski definition) is 6. The van der Waals surface area contributed by atoms with Crippen LogP contribution in [0.5, 0.6) is 0 Å². The number of ether oxygens (including phenoxy) is 3. The van der Waals surface area contributed by atoms with Gasteiger partial charge in [0, 0.05) is 12.5 Å². The minimum atomic E-state index is -1.56. The first-order valence-corrected chi connectivity index (χ1v) is 7.84. The Morgan fingerprint density at radius 2 is 1.88 bits per heavy atom. The number of furan rings is 1. The summed E-state index contributed by atoms with van der Waals surface area (Å²) >= 11 is 0. The van der Waals surface area contributed by atoms with E-state index in [1.807, 2.05) is 24.3 Å². The highest BCUT2D eigenvalue weighted by Gasteiger charge is 2.72. The van der Waals surface area contributed by atoms with Gasteiger partial charge in [0.15, 0.2) is 5.76 Å². The molecule has 0 saturated carbocycles. The number of hydrogen-bond donors (Lipinski definition) is 0. The summed E-state index contributed by atoms with van der Waals surface area (Å²) in [7, 11) is 2.73. The smallest absolute Gasteiger partial charge is 0.343 e. The van der Waals surface area contributed by atoms with Crippen LogP contribution in [0.25, 0.3) is 11.0 Å². The zero-order valence-corrected chi connectivity index (χ0v) is 13.9. The van der Waals surface area contributed by atoms with Crippen LogP contribution >= 0.6 is 0 Å². The molecule has 4 atom stereocenters. The van der Waals surface area contributed by atoms with Crippen molar-refractivity contribution in [3.63, 3.8) is 0 Å². The summed E-state index contributed by atoms with van der Waals surface area (Å²) in [6, 6.07) is 7.35. The van der Waals surface area contributed by atoms with Crippen LogP contribution in [0.1, 0.15) is 25.2 Å². The summed E-state index contributed by atoms with van der Waals surface area (Å²) in [5.41, 5.74) is -0.401. The maximum absolute atomic E-state index is 12.9. The quantitative estimate of drug-likeness (QED) is 0.788. The Labute approximate surface area is 138 Å². The average Bonchev–Trinajstić information content (AvgIpc) is 3.12. The Morgan fingerprint density at radius 1 is 1.17 bits per heavy atom. The third-order valence-electron chi connectivity index (χ3n) is 5.42. The number of benzene rings is 1. The highest BCUT2D eigenvalue weighted by atomic mass is 16.7. The zero-order chi connectivity index (χ0) is 17.3. The van der Waals surface area contributed by atoms with E-state index in [4.69, 9.17) is 18.6 Å².